The molecule has 1 aromatic carbocycles. The van der Waals surface area contributed by atoms with E-state index < -0.39 is 34.2 Å². The summed E-state index contributed by atoms with van der Waals surface area (Å²) in [5.41, 5.74) is 0.330. The van der Waals surface area contributed by atoms with Crippen molar-refractivity contribution < 1.29 is 36.3 Å². The van der Waals surface area contributed by atoms with Crippen LogP contribution in [0, 0.1) is 0 Å². The second kappa shape index (κ2) is 12.8. The van der Waals surface area contributed by atoms with Crippen molar-refractivity contribution in [3.8, 4) is 16.2 Å². The highest BCUT2D eigenvalue weighted by Crippen LogP contribution is 2.35. The minimum absolute atomic E-state index is 0.107. The maximum atomic E-state index is 12.3. The van der Waals surface area contributed by atoms with Crippen LogP contribution in [0.2, 0.25) is 0 Å². The van der Waals surface area contributed by atoms with Gasteiger partial charge in [0.15, 0.2) is 6.29 Å². The molecule has 1 fully saturated rings. The van der Waals surface area contributed by atoms with E-state index in [1.807, 2.05) is 45.0 Å². The van der Waals surface area contributed by atoms with E-state index in [2.05, 4.69) is 11.1 Å². The molecule has 3 heterocycles. The summed E-state index contributed by atoms with van der Waals surface area (Å²) in [5, 5.41) is 1.05. The van der Waals surface area contributed by atoms with Crippen molar-refractivity contribution in [2.75, 3.05) is 38.0 Å². The van der Waals surface area contributed by atoms with E-state index in [-0.39, 0.29) is 13.2 Å². The Morgan fingerprint density at radius 3 is 2.62 bits per heavy atom. The number of carbonyl (C=O) groups excluding carboxylic acids is 1. The fraction of sp³-hybridized carbons (Fsp3) is 0.500. The molecule has 10 nitrogen and oxygen atoms in total. The fourth-order valence-electron chi connectivity index (χ4n) is 3.95. The standard InChI is InChI=1S/C28H36N2O8S2/c1-28(2,3)38-27(31)30(4)25-12-10-20(16-29-25)23-14-19-9-11-21(15-24(19)39-23)35-17-22(18-36-40(5,32)33)37-26-8-6-7-13-34-26/h9-12,14-16,22,26H,6-8,13,17-18H2,1-5H3/t22?,26-/m0/s1. The lowest BCUT2D eigenvalue weighted by molar-refractivity contribution is -0.198. The normalized spacial score (nSPS) is 17.0. The Balaban J connectivity index is 1.42. The number of fused-ring (bicyclic) bond motifs is 1. The Morgan fingerprint density at radius 1 is 1.18 bits per heavy atom. The van der Waals surface area contributed by atoms with E-state index in [0.717, 1.165) is 46.0 Å². The lowest BCUT2D eigenvalue weighted by atomic mass is 10.2. The second-order valence-corrected chi connectivity index (χ2v) is 13.3. The molecule has 218 valence electrons. The molecule has 2 atom stereocenters. The Morgan fingerprint density at radius 2 is 1.98 bits per heavy atom. The van der Waals surface area contributed by atoms with Gasteiger partial charge in [-0.3, -0.25) is 9.08 Å². The predicted octanol–water partition coefficient (Wildman–Crippen LogP) is 5.60. The van der Waals surface area contributed by atoms with Crippen LogP contribution in [0.3, 0.4) is 0 Å². The van der Waals surface area contributed by atoms with E-state index in [0.29, 0.717) is 18.2 Å². The molecule has 2 aromatic heterocycles. The molecule has 3 aromatic rings. The van der Waals surface area contributed by atoms with Crippen molar-refractivity contribution in [3.05, 3.63) is 42.6 Å². The van der Waals surface area contributed by atoms with E-state index >= 15 is 0 Å². The fourth-order valence-corrected chi connectivity index (χ4v) is 5.43. The van der Waals surface area contributed by atoms with Gasteiger partial charge in [0.05, 0.1) is 12.9 Å². The summed E-state index contributed by atoms with van der Waals surface area (Å²) in [6.07, 6.45) is 3.96. The summed E-state index contributed by atoms with van der Waals surface area (Å²) in [7, 11) is -1.99. The van der Waals surface area contributed by atoms with Gasteiger partial charge in [0, 0.05) is 35.0 Å². The highest BCUT2D eigenvalue weighted by molar-refractivity contribution is 7.85. The number of hydrogen-bond acceptors (Lipinski definition) is 10. The summed E-state index contributed by atoms with van der Waals surface area (Å²) < 4.78 is 52.0. The lowest BCUT2D eigenvalue weighted by Crippen LogP contribution is -2.35. The van der Waals surface area contributed by atoms with Crippen LogP contribution in [0.4, 0.5) is 10.6 Å². The van der Waals surface area contributed by atoms with Crippen molar-refractivity contribution in [1.82, 2.24) is 4.98 Å². The average Bonchev–Trinajstić information content (AvgIpc) is 3.32. The molecule has 0 N–H and O–H groups in total. The van der Waals surface area contributed by atoms with Crippen LogP contribution in [-0.2, 0) is 28.5 Å². The number of aromatic nitrogens is 1. The highest BCUT2D eigenvalue weighted by Gasteiger charge is 2.23. The first kappa shape index (κ1) is 30.2. The van der Waals surface area contributed by atoms with Crippen molar-refractivity contribution in [2.45, 2.75) is 58.0 Å². The third-order valence-corrected chi connectivity index (χ3v) is 7.63. The van der Waals surface area contributed by atoms with Crippen molar-refractivity contribution in [3.63, 3.8) is 0 Å². The number of ether oxygens (including phenoxy) is 4. The number of hydrogen-bond donors (Lipinski definition) is 0. The van der Waals surface area contributed by atoms with Gasteiger partial charge in [-0.1, -0.05) is 0 Å². The summed E-state index contributed by atoms with van der Waals surface area (Å²) in [6, 6.07) is 11.5. The Hall–Kier alpha value is -2.77. The van der Waals surface area contributed by atoms with Crippen molar-refractivity contribution in [2.24, 2.45) is 0 Å². The molecule has 12 heteroatoms. The zero-order valence-electron chi connectivity index (χ0n) is 23.4. The Bertz CT molecular complexity index is 1390. The SMILES string of the molecule is CN(C(=O)OC(C)(C)C)c1ccc(-c2cc3ccc(OCC(COS(C)(=O)=O)O[C@H]4CCCCO4)cc3s2)cn1. The van der Waals surface area contributed by atoms with E-state index in [1.165, 1.54) is 4.90 Å². The number of nitrogens with zero attached hydrogens (tertiary/aromatic N) is 2. The van der Waals surface area contributed by atoms with Crippen LogP contribution in [0.25, 0.3) is 20.5 Å². The van der Waals surface area contributed by atoms with Crippen LogP contribution in [0.1, 0.15) is 40.0 Å². The molecular formula is C28H36N2O8S2. The third-order valence-electron chi connectivity index (χ3n) is 5.92. The number of anilines is 1. The van der Waals surface area contributed by atoms with Crippen LogP contribution in [-0.4, -0.2) is 70.6 Å². The van der Waals surface area contributed by atoms with Crippen LogP contribution in [0.15, 0.2) is 42.6 Å². The number of benzene rings is 1. The maximum Gasteiger partial charge on any atom is 0.415 e. The molecule has 1 unspecified atom stereocenters. The first-order valence-electron chi connectivity index (χ1n) is 13.1. The van der Waals surface area contributed by atoms with Crippen molar-refractivity contribution >= 4 is 43.5 Å². The zero-order chi connectivity index (χ0) is 28.9. The van der Waals surface area contributed by atoms with Crippen LogP contribution >= 0.6 is 11.3 Å². The predicted molar refractivity (Wildman–Crippen MR) is 154 cm³/mol. The molecule has 0 bridgehead atoms. The van der Waals surface area contributed by atoms with Gasteiger partial charge in [-0.2, -0.15) is 8.42 Å². The van der Waals surface area contributed by atoms with Gasteiger partial charge in [-0.05, 0) is 81.8 Å². The maximum absolute atomic E-state index is 12.3. The zero-order valence-corrected chi connectivity index (χ0v) is 25.0. The van der Waals surface area contributed by atoms with Gasteiger partial charge in [0.2, 0.25) is 0 Å². The molecule has 0 spiro atoms. The van der Waals surface area contributed by atoms with Gasteiger partial charge in [0.25, 0.3) is 10.1 Å². The monoisotopic (exact) mass is 592 g/mol. The quantitative estimate of drug-likeness (QED) is 0.278. The largest absolute Gasteiger partial charge is 0.491 e. The van der Waals surface area contributed by atoms with E-state index in [1.54, 1.807) is 30.6 Å². The van der Waals surface area contributed by atoms with E-state index in [4.69, 9.17) is 23.1 Å². The topological polar surface area (TPSA) is 113 Å². The molecule has 0 saturated carbocycles. The molecule has 0 radical (unpaired) electrons. The van der Waals surface area contributed by atoms with Gasteiger partial charge in [0.1, 0.15) is 29.9 Å². The van der Waals surface area contributed by atoms with Gasteiger partial charge < -0.3 is 18.9 Å². The smallest absolute Gasteiger partial charge is 0.415 e. The molecule has 4 rings (SSSR count). The molecule has 0 aliphatic carbocycles. The number of rotatable bonds is 10. The third kappa shape index (κ3) is 8.87. The number of amides is 1. The molecule has 1 aliphatic heterocycles. The van der Waals surface area contributed by atoms with Gasteiger partial charge >= 0.3 is 6.09 Å². The number of carbonyl (C=O) groups is 1. The summed E-state index contributed by atoms with van der Waals surface area (Å²) in [6.45, 7) is 6.02. The highest BCUT2D eigenvalue weighted by atomic mass is 32.2. The van der Waals surface area contributed by atoms with Crippen molar-refractivity contribution in [1.29, 1.82) is 0 Å². The molecule has 40 heavy (non-hydrogen) atoms. The van der Waals surface area contributed by atoms with Gasteiger partial charge in [-0.25, -0.2) is 9.78 Å². The molecular weight excluding hydrogens is 556 g/mol. The van der Waals surface area contributed by atoms with Gasteiger partial charge in [-0.15, -0.1) is 11.3 Å². The van der Waals surface area contributed by atoms with E-state index in [9.17, 15) is 13.2 Å². The summed E-state index contributed by atoms with van der Waals surface area (Å²) >= 11 is 1.59. The molecule has 1 saturated heterocycles. The minimum Gasteiger partial charge on any atom is -0.491 e. The number of thiophene rings is 1. The first-order valence-corrected chi connectivity index (χ1v) is 15.7. The summed E-state index contributed by atoms with van der Waals surface area (Å²) in [5.74, 6) is 1.12. The average molecular weight is 593 g/mol. The Kier molecular flexibility index (Phi) is 9.68. The van der Waals surface area contributed by atoms with Crippen LogP contribution in [0.5, 0.6) is 5.75 Å². The first-order chi connectivity index (χ1) is 18.9. The molecule has 1 amide bonds. The second-order valence-electron chi connectivity index (χ2n) is 10.6. The summed E-state index contributed by atoms with van der Waals surface area (Å²) in [4.78, 5) is 19.2. The number of pyridine rings is 1. The van der Waals surface area contributed by atoms with Crippen LogP contribution < -0.4 is 9.64 Å². The Labute approximate surface area is 239 Å². The lowest BCUT2D eigenvalue weighted by Gasteiger charge is -2.27. The molecule has 1 aliphatic rings. The minimum atomic E-state index is -3.62.